The molecule has 18 nitrogen and oxygen atoms in total. The largest absolute Gasteiger partial charge is 0.490 e. The molecule has 0 spiro atoms. The van der Waals surface area contributed by atoms with Gasteiger partial charge in [0.25, 0.3) is 0 Å². The van der Waals surface area contributed by atoms with Crippen molar-refractivity contribution in [2.45, 2.75) is 24.5 Å². The van der Waals surface area contributed by atoms with Crippen LogP contribution in [0.4, 0.5) is 5.82 Å². The van der Waals surface area contributed by atoms with Gasteiger partial charge in [0.05, 0.1) is 6.61 Å². The lowest BCUT2D eigenvalue weighted by molar-refractivity contribution is -0.0506. The topological polar surface area (TPSA) is 279 Å². The van der Waals surface area contributed by atoms with Crippen LogP contribution in [0.3, 0.4) is 0 Å². The summed E-state index contributed by atoms with van der Waals surface area (Å²) < 4.78 is 52.9. The smallest absolute Gasteiger partial charge is 0.387 e. The van der Waals surface area contributed by atoms with Gasteiger partial charge in [-0.15, -0.1) is 0 Å². The molecule has 1 aromatic carbocycles. The number of phosphoric acid groups is 3. The number of rotatable bonds is 8. The quantitative estimate of drug-likeness (QED) is 0.129. The summed E-state index contributed by atoms with van der Waals surface area (Å²) in [6.45, 7) is -1.01. The number of aliphatic hydroxyl groups is 2. The van der Waals surface area contributed by atoms with E-state index < -0.39 is 54.6 Å². The van der Waals surface area contributed by atoms with Crippen molar-refractivity contribution in [2.24, 2.45) is 0 Å². The van der Waals surface area contributed by atoms with Crippen LogP contribution in [0.15, 0.2) is 36.7 Å². The van der Waals surface area contributed by atoms with Crippen LogP contribution in [-0.2, 0) is 31.6 Å². The van der Waals surface area contributed by atoms with Crippen molar-refractivity contribution in [1.82, 2.24) is 19.5 Å². The third kappa shape index (κ3) is 7.14. The van der Waals surface area contributed by atoms with Crippen molar-refractivity contribution in [1.29, 1.82) is 0 Å². The normalized spacial score (nSPS) is 24.6. The standard InChI is InChI=1S/C18H20N5O13P3/c19-16-13-17(21-9-20-16)23(12(22-13)7-6-10-4-2-1-3-5-10)18-15(25)14(24)11(34-18)8-33-38(29,30)36-39(31,32)35-37(26,27)28/h1-5,9,11,14-15,18,24-25H,8H2,(H,29,30)(H,31,32)(H2,19,20,21)(H2,26,27,28)/t11-,14-,15-,18-/m1/s1. The average molecular weight is 607 g/mol. The Hall–Kier alpha value is -2.58. The monoisotopic (exact) mass is 607 g/mol. The first-order valence-electron chi connectivity index (χ1n) is 10.5. The Morgan fingerprint density at radius 2 is 1.67 bits per heavy atom. The summed E-state index contributed by atoms with van der Waals surface area (Å²) in [6, 6.07) is 8.79. The molecule has 0 bridgehead atoms. The zero-order valence-corrected chi connectivity index (χ0v) is 21.9. The Balaban J connectivity index is 1.58. The molecule has 4 rings (SSSR count). The highest BCUT2D eigenvalue weighted by Gasteiger charge is 2.47. The van der Waals surface area contributed by atoms with Gasteiger partial charge >= 0.3 is 23.5 Å². The van der Waals surface area contributed by atoms with Gasteiger partial charge in [0.15, 0.2) is 29.0 Å². The number of nitrogens with zero attached hydrogens (tertiary/aromatic N) is 4. The van der Waals surface area contributed by atoms with Crippen molar-refractivity contribution in [3.05, 3.63) is 48.0 Å². The number of nitrogen functional groups attached to an aromatic ring is 1. The fraction of sp³-hybridized carbons (Fsp3) is 0.278. The molecule has 2 unspecified atom stereocenters. The number of benzene rings is 1. The van der Waals surface area contributed by atoms with E-state index in [1.807, 2.05) is 0 Å². The van der Waals surface area contributed by atoms with Gasteiger partial charge in [0, 0.05) is 5.56 Å². The minimum atomic E-state index is -5.76. The lowest BCUT2D eigenvalue weighted by Gasteiger charge is -2.19. The molecule has 8 N–H and O–H groups in total. The van der Waals surface area contributed by atoms with Crippen LogP contribution in [0.2, 0.25) is 0 Å². The predicted molar refractivity (Wildman–Crippen MR) is 128 cm³/mol. The van der Waals surface area contributed by atoms with Crippen LogP contribution in [0, 0.1) is 11.8 Å². The molecule has 1 saturated heterocycles. The number of imidazole rings is 1. The van der Waals surface area contributed by atoms with Gasteiger partial charge in [-0.1, -0.05) is 24.1 Å². The number of hydrogen-bond donors (Lipinski definition) is 7. The van der Waals surface area contributed by atoms with Crippen LogP contribution in [0.1, 0.15) is 17.6 Å². The zero-order chi connectivity index (χ0) is 28.6. The zero-order valence-electron chi connectivity index (χ0n) is 19.2. The molecule has 3 aromatic rings. The third-order valence-electron chi connectivity index (χ3n) is 5.01. The van der Waals surface area contributed by atoms with Gasteiger partial charge in [0.1, 0.15) is 24.6 Å². The highest BCUT2D eigenvalue weighted by Crippen LogP contribution is 2.66. The van der Waals surface area contributed by atoms with Gasteiger partial charge in [-0.25, -0.2) is 28.6 Å². The molecular formula is C18H20N5O13P3. The maximum atomic E-state index is 12.0. The summed E-state index contributed by atoms with van der Waals surface area (Å²) in [6.07, 6.45) is -5.32. The number of fused-ring (bicyclic) bond motifs is 1. The van der Waals surface area contributed by atoms with E-state index in [2.05, 4.69) is 39.9 Å². The number of hydrogen-bond acceptors (Lipinski definition) is 13. The molecule has 3 heterocycles. The Bertz CT molecular complexity index is 1570. The van der Waals surface area contributed by atoms with Crippen molar-refractivity contribution in [2.75, 3.05) is 12.3 Å². The molecule has 1 fully saturated rings. The lowest BCUT2D eigenvalue weighted by atomic mass is 10.1. The first kappa shape index (κ1) is 29.4. The molecule has 6 atom stereocenters. The van der Waals surface area contributed by atoms with E-state index >= 15 is 0 Å². The van der Waals surface area contributed by atoms with E-state index in [-0.39, 0.29) is 22.8 Å². The first-order chi connectivity index (χ1) is 18.2. The SMILES string of the molecule is Nc1ncnc2c1nc(C#Cc1ccccc1)n2[C@@H]1O[C@H](COP(=O)(O)OP(=O)(O)OP(=O)(O)O)[C@@H](O)[C@H]1O. The molecule has 1 aliphatic rings. The minimum Gasteiger partial charge on any atom is -0.387 e. The molecule has 39 heavy (non-hydrogen) atoms. The lowest BCUT2D eigenvalue weighted by Crippen LogP contribution is -2.33. The van der Waals surface area contributed by atoms with Crippen molar-refractivity contribution in [3.63, 3.8) is 0 Å². The van der Waals surface area contributed by atoms with E-state index in [0.29, 0.717) is 5.56 Å². The van der Waals surface area contributed by atoms with Crippen LogP contribution >= 0.6 is 23.5 Å². The van der Waals surface area contributed by atoms with Crippen LogP contribution in [-0.4, -0.2) is 74.2 Å². The van der Waals surface area contributed by atoms with Gasteiger partial charge in [0.2, 0.25) is 0 Å². The first-order valence-corrected chi connectivity index (χ1v) is 15.0. The maximum Gasteiger partial charge on any atom is 0.490 e. The molecule has 0 aliphatic carbocycles. The van der Waals surface area contributed by atoms with Crippen molar-refractivity contribution < 1.29 is 61.4 Å². The molecule has 0 radical (unpaired) electrons. The predicted octanol–water partition coefficient (Wildman–Crippen LogP) is -0.229. The second kappa shape index (κ2) is 11.1. The highest BCUT2D eigenvalue weighted by molar-refractivity contribution is 7.66. The number of phosphoric ester groups is 1. The summed E-state index contributed by atoms with van der Waals surface area (Å²) in [5.41, 5.74) is 6.70. The van der Waals surface area contributed by atoms with Crippen LogP contribution in [0.25, 0.3) is 11.2 Å². The van der Waals surface area contributed by atoms with E-state index in [1.165, 1.54) is 4.57 Å². The van der Waals surface area contributed by atoms with E-state index in [9.17, 15) is 33.7 Å². The summed E-state index contributed by atoms with van der Waals surface area (Å²) >= 11 is 0. The van der Waals surface area contributed by atoms with Gasteiger partial charge in [-0.3, -0.25) is 9.09 Å². The summed E-state index contributed by atoms with van der Waals surface area (Å²) in [5, 5.41) is 21.2. The summed E-state index contributed by atoms with van der Waals surface area (Å²) in [4.78, 5) is 48.4. The second-order valence-corrected chi connectivity index (χ2v) is 12.2. The minimum absolute atomic E-state index is 0.00541. The second-order valence-electron chi connectivity index (χ2n) is 7.79. The molecular weight excluding hydrogens is 587 g/mol. The van der Waals surface area contributed by atoms with Crippen molar-refractivity contribution in [3.8, 4) is 11.8 Å². The van der Waals surface area contributed by atoms with Crippen molar-refractivity contribution >= 4 is 40.4 Å². The van der Waals surface area contributed by atoms with Gasteiger partial charge in [-0.05, 0) is 18.1 Å². The van der Waals surface area contributed by atoms with Gasteiger partial charge < -0.3 is 40.3 Å². The number of aliphatic hydroxyl groups excluding tert-OH is 2. The fourth-order valence-electron chi connectivity index (χ4n) is 3.46. The number of aromatic nitrogens is 4. The number of ether oxygens (including phenoxy) is 1. The molecule has 1 aliphatic heterocycles. The van der Waals surface area contributed by atoms with E-state index in [4.69, 9.17) is 20.3 Å². The summed E-state index contributed by atoms with van der Waals surface area (Å²) in [5.74, 6) is 5.67. The number of anilines is 1. The highest BCUT2D eigenvalue weighted by atomic mass is 31.3. The Morgan fingerprint density at radius 3 is 2.33 bits per heavy atom. The Kier molecular flexibility index (Phi) is 8.39. The average Bonchev–Trinajstić information content (AvgIpc) is 3.32. The van der Waals surface area contributed by atoms with Crippen LogP contribution < -0.4 is 5.73 Å². The molecule has 0 saturated carbocycles. The fourth-order valence-corrected chi connectivity index (χ4v) is 6.49. The molecule has 0 amide bonds. The van der Waals surface area contributed by atoms with E-state index in [0.717, 1.165) is 6.33 Å². The third-order valence-corrected chi connectivity index (χ3v) is 8.81. The molecule has 2 aromatic heterocycles. The Morgan fingerprint density at radius 1 is 0.974 bits per heavy atom. The van der Waals surface area contributed by atoms with Gasteiger partial charge in [-0.2, -0.15) is 8.62 Å². The molecule has 21 heteroatoms. The van der Waals surface area contributed by atoms with Crippen LogP contribution in [0.5, 0.6) is 0 Å². The summed E-state index contributed by atoms with van der Waals surface area (Å²) in [7, 11) is -16.9. The molecule has 210 valence electrons. The van der Waals surface area contributed by atoms with E-state index in [1.54, 1.807) is 30.3 Å². The number of nitrogens with two attached hydrogens (primary N) is 1. The maximum absolute atomic E-state index is 12.0. The Labute approximate surface area is 218 Å².